The van der Waals surface area contributed by atoms with E-state index >= 15 is 0 Å². The second-order valence-electron chi connectivity index (χ2n) is 4.25. The molecule has 1 atom stereocenters. The fourth-order valence-electron chi connectivity index (χ4n) is 1.86. The van der Waals surface area contributed by atoms with E-state index < -0.39 is 12.7 Å². The smallest absolute Gasteiger partial charge is 0.396 e. The van der Waals surface area contributed by atoms with Gasteiger partial charge in [-0.3, -0.25) is 4.79 Å². The molecule has 0 radical (unpaired) electrons. The van der Waals surface area contributed by atoms with Gasteiger partial charge in [0.25, 0.3) is 0 Å². The van der Waals surface area contributed by atoms with Crippen LogP contribution in [-0.2, 0) is 4.79 Å². The minimum atomic E-state index is -4.30. The lowest BCUT2D eigenvalue weighted by atomic mass is 9.99. The summed E-state index contributed by atoms with van der Waals surface area (Å²) < 4.78 is 35.5. The number of rotatable bonds is 4. The summed E-state index contributed by atoms with van der Waals surface area (Å²) in [7, 11) is 0. The van der Waals surface area contributed by atoms with Crippen LogP contribution in [0.25, 0.3) is 0 Å². The van der Waals surface area contributed by atoms with Crippen molar-refractivity contribution in [3.8, 4) is 0 Å². The first-order valence-corrected chi connectivity index (χ1v) is 5.58. The van der Waals surface area contributed by atoms with Crippen LogP contribution in [0.4, 0.5) is 13.2 Å². The van der Waals surface area contributed by atoms with Crippen LogP contribution < -0.4 is 5.32 Å². The fourth-order valence-corrected chi connectivity index (χ4v) is 1.86. The van der Waals surface area contributed by atoms with Gasteiger partial charge in [-0.25, -0.2) is 0 Å². The maximum absolute atomic E-state index is 11.8. The van der Waals surface area contributed by atoms with Crippen molar-refractivity contribution in [2.45, 2.75) is 19.0 Å². The van der Waals surface area contributed by atoms with Gasteiger partial charge in [-0.05, 0) is 18.8 Å². The Morgan fingerprint density at radius 3 is 2.76 bits per heavy atom. The molecule has 0 aliphatic carbocycles. The van der Waals surface area contributed by atoms with E-state index in [0.717, 1.165) is 12.8 Å². The normalized spacial score (nSPS) is 21.6. The molecule has 1 heterocycles. The fraction of sp³-hybridized carbons (Fsp3) is 0.900. The number of nitrogens with zero attached hydrogens (tertiary/aromatic N) is 1. The zero-order chi connectivity index (χ0) is 12.9. The molecule has 100 valence electrons. The van der Waals surface area contributed by atoms with Crippen molar-refractivity contribution in [1.29, 1.82) is 0 Å². The van der Waals surface area contributed by atoms with Crippen LogP contribution in [0.1, 0.15) is 12.8 Å². The number of carbonyl (C=O) groups is 1. The molecule has 0 aromatic heterocycles. The second kappa shape index (κ2) is 6.20. The lowest BCUT2D eigenvalue weighted by Gasteiger charge is -2.32. The van der Waals surface area contributed by atoms with Gasteiger partial charge >= 0.3 is 6.18 Å². The summed E-state index contributed by atoms with van der Waals surface area (Å²) in [5.74, 6) is -0.289. The molecule has 0 saturated carbocycles. The quantitative estimate of drug-likeness (QED) is 0.762. The van der Waals surface area contributed by atoms with Crippen LogP contribution >= 0.6 is 0 Å². The molecule has 0 bridgehead atoms. The highest BCUT2D eigenvalue weighted by Crippen LogP contribution is 2.16. The monoisotopic (exact) mass is 254 g/mol. The van der Waals surface area contributed by atoms with E-state index in [0.29, 0.717) is 13.1 Å². The van der Waals surface area contributed by atoms with Gasteiger partial charge in [0.05, 0.1) is 13.1 Å². The summed E-state index contributed by atoms with van der Waals surface area (Å²) in [4.78, 5) is 13.1. The van der Waals surface area contributed by atoms with E-state index in [1.807, 2.05) is 0 Å². The highest BCUT2D eigenvalue weighted by molar-refractivity contribution is 5.78. The number of nitrogens with one attached hydrogen (secondary N) is 1. The first-order chi connectivity index (χ1) is 7.92. The second-order valence-corrected chi connectivity index (χ2v) is 4.25. The van der Waals surface area contributed by atoms with E-state index in [1.165, 1.54) is 4.90 Å². The lowest BCUT2D eigenvalue weighted by Crippen LogP contribution is -2.45. The predicted octanol–water partition coefficient (Wildman–Crippen LogP) is 0.369. The van der Waals surface area contributed by atoms with Gasteiger partial charge < -0.3 is 15.3 Å². The average Bonchev–Trinajstić information content (AvgIpc) is 2.27. The predicted molar refractivity (Wildman–Crippen MR) is 55.3 cm³/mol. The van der Waals surface area contributed by atoms with E-state index in [-0.39, 0.29) is 25.0 Å². The summed E-state index contributed by atoms with van der Waals surface area (Å²) >= 11 is 0. The number of piperidine rings is 1. The highest BCUT2D eigenvalue weighted by atomic mass is 19.4. The molecule has 1 fully saturated rings. The van der Waals surface area contributed by atoms with Crippen molar-refractivity contribution in [2.24, 2.45) is 5.92 Å². The third-order valence-electron chi connectivity index (χ3n) is 2.73. The number of likely N-dealkylation sites (tertiary alicyclic amines) is 1. The first-order valence-electron chi connectivity index (χ1n) is 5.58. The zero-order valence-electron chi connectivity index (χ0n) is 9.46. The lowest BCUT2D eigenvalue weighted by molar-refractivity contribution is -0.135. The van der Waals surface area contributed by atoms with Crippen LogP contribution in [0, 0.1) is 5.92 Å². The van der Waals surface area contributed by atoms with Crippen molar-refractivity contribution in [2.75, 3.05) is 32.8 Å². The van der Waals surface area contributed by atoms with Crippen molar-refractivity contribution < 1.29 is 23.1 Å². The summed E-state index contributed by atoms with van der Waals surface area (Å²) in [5.41, 5.74) is 0. The average molecular weight is 254 g/mol. The molecule has 0 aromatic carbocycles. The number of alkyl halides is 3. The highest BCUT2D eigenvalue weighted by Gasteiger charge is 2.28. The number of hydrogen-bond donors (Lipinski definition) is 2. The van der Waals surface area contributed by atoms with E-state index in [2.05, 4.69) is 5.32 Å². The van der Waals surface area contributed by atoms with E-state index in [1.54, 1.807) is 0 Å². The summed E-state index contributed by atoms with van der Waals surface area (Å²) in [6.07, 6.45) is -2.65. The third-order valence-corrected chi connectivity index (χ3v) is 2.73. The number of aliphatic hydroxyl groups excluding tert-OH is 1. The van der Waals surface area contributed by atoms with Crippen LogP contribution in [0.2, 0.25) is 0 Å². The molecule has 1 unspecified atom stereocenters. The molecule has 2 N–H and O–H groups in total. The Morgan fingerprint density at radius 2 is 2.18 bits per heavy atom. The summed E-state index contributed by atoms with van der Waals surface area (Å²) in [5, 5.41) is 11.0. The SMILES string of the molecule is O=C(CNCC(F)(F)F)N1CCCC(CO)C1. The van der Waals surface area contributed by atoms with Gasteiger partial charge in [-0.1, -0.05) is 0 Å². The van der Waals surface area contributed by atoms with Crippen molar-refractivity contribution in [3.05, 3.63) is 0 Å². The van der Waals surface area contributed by atoms with Crippen LogP contribution in [0.5, 0.6) is 0 Å². The number of carbonyl (C=O) groups excluding carboxylic acids is 1. The van der Waals surface area contributed by atoms with Gasteiger partial charge in [0, 0.05) is 19.7 Å². The van der Waals surface area contributed by atoms with Crippen molar-refractivity contribution in [1.82, 2.24) is 10.2 Å². The molecule has 1 aliphatic rings. The Kier molecular flexibility index (Phi) is 5.20. The largest absolute Gasteiger partial charge is 0.401 e. The number of halogens is 3. The summed E-state index contributed by atoms with van der Waals surface area (Å²) in [6.45, 7) is -0.459. The van der Waals surface area contributed by atoms with Crippen LogP contribution in [-0.4, -0.2) is 54.9 Å². The van der Waals surface area contributed by atoms with Gasteiger partial charge in [0.15, 0.2) is 0 Å². The molecule has 1 amide bonds. The Morgan fingerprint density at radius 1 is 1.47 bits per heavy atom. The maximum Gasteiger partial charge on any atom is 0.401 e. The topological polar surface area (TPSA) is 52.6 Å². The molecule has 4 nitrogen and oxygen atoms in total. The molecular weight excluding hydrogens is 237 g/mol. The molecule has 17 heavy (non-hydrogen) atoms. The number of amides is 1. The molecule has 1 aliphatic heterocycles. The minimum absolute atomic E-state index is 0.0137. The van der Waals surface area contributed by atoms with E-state index in [4.69, 9.17) is 5.11 Å². The Labute approximate surface area is 97.8 Å². The zero-order valence-corrected chi connectivity index (χ0v) is 9.46. The molecular formula is C10H17F3N2O2. The Balaban J connectivity index is 2.27. The standard InChI is InChI=1S/C10H17F3N2O2/c11-10(12,13)7-14-4-9(17)15-3-1-2-8(5-15)6-16/h8,14,16H,1-7H2. The van der Waals surface area contributed by atoms with Gasteiger partial charge in [-0.2, -0.15) is 13.2 Å². The Bertz CT molecular complexity index is 258. The van der Waals surface area contributed by atoms with Crippen molar-refractivity contribution >= 4 is 5.91 Å². The van der Waals surface area contributed by atoms with Crippen molar-refractivity contribution in [3.63, 3.8) is 0 Å². The number of hydrogen-bond acceptors (Lipinski definition) is 3. The maximum atomic E-state index is 11.8. The van der Waals surface area contributed by atoms with E-state index in [9.17, 15) is 18.0 Å². The molecule has 1 saturated heterocycles. The minimum Gasteiger partial charge on any atom is -0.396 e. The molecule has 1 rings (SSSR count). The van der Waals surface area contributed by atoms with Gasteiger partial charge in [0.1, 0.15) is 0 Å². The van der Waals surface area contributed by atoms with Crippen LogP contribution in [0.3, 0.4) is 0 Å². The third kappa shape index (κ3) is 5.36. The number of aliphatic hydroxyl groups is 1. The molecule has 0 spiro atoms. The van der Waals surface area contributed by atoms with Crippen LogP contribution in [0.15, 0.2) is 0 Å². The first kappa shape index (κ1) is 14.2. The van der Waals surface area contributed by atoms with Gasteiger partial charge in [-0.15, -0.1) is 0 Å². The molecule has 0 aromatic rings. The van der Waals surface area contributed by atoms with Gasteiger partial charge in [0.2, 0.25) is 5.91 Å². The molecule has 7 heteroatoms. The Hall–Kier alpha value is -0.820. The summed E-state index contributed by atoms with van der Waals surface area (Å²) in [6, 6.07) is 0.